The fraction of sp³-hybridized carbons (Fsp3) is 0.167. The van der Waals surface area contributed by atoms with E-state index in [0.29, 0.717) is 33.4 Å². The molecule has 7 nitrogen and oxygen atoms in total. The number of benzene rings is 2. The van der Waals surface area contributed by atoms with Crippen molar-refractivity contribution in [2.45, 2.75) is 6.92 Å². The number of aliphatic carboxylic acids is 1. The summed E-state index contributed by atoms with van der Waals surface area (Å²) in [5.41, 5.74) is 4.06. The van der Waals surface area contributed by atoms with Crippen molar-refractivity contribution in [3.8, 4) is 11.5 Å². The van der Waals surface area contributed by atoms with Crippen LogP contribution in [0.4, 0.5) is 0 Å². The van der Waals surface area contributed by atoms with Crippen molar-refractivity contribution in [3.05, 3.63) is 58.6 Å². The van der Waals surface area contributed by atoms with Gasteiger partial charge in [-0.25, -0.2) is 10.2 Å². The number of methoxy groups -OCH3 is 1. The number of hydrazone groups is 1. The smallest absolute Gasteiger partial charge is 0.341 e. The number of carboxylic acid groups (broad SMARTS) is 1. The number of nitrogens with zero attached hydrogens (tertiary/aromatic N) is 1. The van der Waals surface area contributed by atoms with Crippen molar-refractivity contribution < 1.29 is 24.2 Å². The maximum absolute atomic E-state index is 12.1. The van der Waals surface area contributed by atoms with Crippen LogP contribution >= 0.6 is 11.6 Å². The molecular weight excluding hydrogens is 360 g/mol. The van der Waals surface area contributed by atoms with Gasteiger partial charge in [0.2, 0.25) is 0 Å². The first-order chi connectivity index (χ1) is 12.4. The molecule has 26 heavy (non-hydrogen) atoms. The molecule has 0 bridgehead atoms. The first-order valence-electron chi connectivity index (χ1n) is 7.54. The highest BCUT2D eigenvalue weighted by molar-refractivity contribution is 6.30. The summed E-state index contributed by atoms with van der Waals surface area (Å²) in [5.74, 6) is -0.813. The molecular formula is C18H17ClN2O5. The van der Waals surface area contributed by atoms with Crippen LogP contribution in [0.1, 0.15) is 22.8 Å². The largest absolute Gasteiger partial charge is 0.493 e. The Morgan fingerprint density at radius 2 is 1.92 bits per heavy atom. The highest BCUT2D eigenvalue weighted by Gasteiger charge is 2.10. The SMILES string of the molecule is COc1cc(/C(C)=N\NC(=O)c2cccc(Cl)c2)ccc1OCC(=O)O. The van der Waals surface area contributed by atoms with Crippen LogP contribution in [0.15, 0.2) is 47.6 Å². The third-order valence-corrected chi connectivity index (χ3v) is 3.58. The number of hydrogen-bond donors (Lipinski definition) is 2. The second-order valence-corrected chi connectivity index (χ2v) is 5.63. The molecule has 0 radical (unpaired) electrons. The molecule has 0 heterocycles. The number of nitrogens with one attached hydrogen (secondary N) is 1. The highest BCUT2D eigenvalue weighted by Crippen LogP contribution is 2.28. The molecule has 0 spiro atoms. The van der Waals surface area contributed by atoms with Crippen molar-refractivity contribution >= 4 is 29.2 Å². The Kier molecular flexibility index (Phi) is 6.57. The van der Waals surface area contributed by atoms with Crippen LogP contribution in [-0.2, 0) is 4.79 Å². The third-order valence-electron chi connectivity index (χ3n) is 3.34. The molecule has 0 fully saturated rings. The lowest BCUT2D eigenvalue weighted by molar-refractivity contribution is -0.139. The first-order valence-corrected chi connectivity index (χ1v) is 7.91. The maximum atomic E-state index is 12.1. The van der Waals surface area contributed by atoms with Gasteiger partial charge < -0.3 is 14.6 Å². The molecule has 1 amide bonds. The van der Waals surface area contributed by atoms with E-state index in [1.54, 1.807) is 49.4 Å². The van der Waals surface area contributed by atoms with Gasteiger partial charge in [-0.15, -0.1) is 0 Å². The van der Waals surface area contributed by atoms with Crippen molar-refractivity contribution in [2.24, 2.45) is 5.10 Å². The van der Waals surface area contributed by atoms with Crippen molar-refractivity contribution in [1.82, 2.24) is 5.43 Å². The summed E-state index contributed by atoms with van der Waals surface area (Å²) in [5, 5.41) is 13.2. The van der Waals surface area contributed by atoms with E-state index in [2.05, 4.69) is 10.5 Å². The summed E-state index contributed by atoms with van der Waals surface area (Å²) in [4.78, 5) is 22.7. The zero-order chi connectivity index (χ0) is 19.1. The molecule has 0 unspecified atom stereocenters. The average Bonchev–Trinajstić information content (AvgIpc) is 2.63. The Bertz CT molecular complexity index is 851. The van der Waals surface area contributed by atoms with E-state index in [4.69, 9.17) is 26.2 Å². The maximum Gasteiger partial charge on any atom is 0.341 e. The van der Waals surface area contributed by atoms with Crippen LogP contribution in [0, 0.1) is 0 Å². The Hall–Kier alpha value is -3.06. The normalized spacial score (nSPS) is 11.0. The van der Waals surface area contributed by atoms with Crippen molar-refractivity contribution in [3.63, 3.8) is 0 Å². The molecule has 0 aromatic heterocycles. The Labute approximate surface area is 155 Å². The van der Waals surface area contributed by atoms with Crippen molar-refractivity contribution in [1.29, 1.82) is 0 Å². The van der Waals surface area contributed by atoms with Crippen LogP contribution in [0.5, 0.6) is 11.5 Å². The van der Waals surface area contributed by atoms with Gasteiger partial charge in [-0.05, 0) is 43.3 Å². The molecule has 0 aliphatic rings. The number of carbonyl (C=O) groups excluding carboxylic acids is 1. The summed E-state index contributed by atoms with van der Waals surface area (Å²) < 4.78 is 10.3. The van der Waals surface area contributed by atoms with Crippen LogP contribution in [-0.4, -0.2) is 36.4 Å². The molecule has 2 aromatic rings. The summed E-state index contributed by atoms with van der Waals surface area (Å²) in [6, 6.07) is 11.4. The molecule has 0 saturated heterocycles. The monoisotopic (exact) mass is 376 g/mol. The van der Waals surface area contributed by atoms with E-state index in [1.165, 1.54) is 7.11 Å². The minimum absolute atomic E-state index is 0.300. The lowest BCUT2D eigenvalue weighted by Gasteiger charge is -2.11. The zero-order valence-electron chi connectivity index (χ0n) is 14.2. The summed E-state index contributed by atoms with van der Waals surface area (Å²) >= 11 is 5.86. The second kappa shape index (κ2) is 8.87. The number of ether oxygens (including phenoxy) is 2. The van der Waals surface area contributed by atoms with E-state index in [0.717, 1.165) is 0 Å². The average molecular weight is 377 g/mol. The van der Waals surface area contributed by atoms with Gasteiger partial charge in [0.25, 0.3) is 5.91 Å². The minimum atomic E-state index is -1.09. The van der Waals surface area contributed by atoms with Gasteiger partial charge in [0.1, 0.15) is 0 Å². The minimum Gasteiger partial charge on any atom is -0.493 e. The van der Waals surface area contributed by atoms with E-state index < -0.39 is 12.6 Å². The predicted molar refractivity (Wildman–Crippen MR) is 97.3 cm³/mol. The summed E-state index contributed by atoms with van der Waals surface area (Å²) in [6.45, 7) is 1.24. The predicted octanol–water partition coefficient (Wildman–Crippen LogP) is 2.97. The number of rotatable bonds is 7. The Morgan fingerprint density at radius 3 is 2.58 bits per heavy atom. The number of hydrogen-bond acceptors (Lipinski definition) is 5. The van der Waals surface area contributed by atoms with Crippen LogP contribution in [0.3, 0.4) is 0 Å². The lowest BCUT2D eigenvalue weighted by atomic mass is 10.1. The topological polar surface area (TPSA) is 97.2 Å². The van der Waals surface area contributed by atoms with Crippen LogP contribution in [0.25, 0.3) is 0 Å². The zero-order valence-corrected chi connectivity index (χ0v) is 14.9. The number of carbonyl (C=O) groups is 2. The fourth-order valence-electron chi connectivity index (χ4n) is 2.04. The molecule has 8 heteroatoms. The molecule has 0 atom stereocenters. The van der Waals surface area contributed by atoms with E-state index >= 15 is 0 Å². The standard InChI is InChI=1S/C18H17ClN2O5/c1-11(20-21-18(24)13-4-3-5-14(19)8-13)12-6-7-15(16(9-12)25-2)26-10-17(22)23/h3-9H,10H2,1-2H3,(H,21,24)(H,22,23)/b20-11-. The molecule has 2 N–H and O–H groups in total. The van der Waals surface area contributed by atoms with Gasteiger partial charge in [0.05, 0.1) is 12.8 Å². The Balaban J connectivity index is 2.12. The van der Waals surface area contributed by atoms with Crippen LogP contribution < -0.4 is 14.9 Å². The molecule has 0 aliphatic heterocycles. The summed E-state index contributed by atoms with van der Waals surface area (Å²) in [7, 11) is 1.44. The van der Waals surface area contributed by atoms with Crippen LogP contribution in [0.2, 0.25) is 5.02 Å². The second-order valence-electron chi connectivity index (χ2n) is 5.20. The van der Waals surface area contributed by atoms with Gasteiger partial charge in [0.15, 0.2) is 18.1 Å². The number of carboxylic acids is 1. The van der Waals surface area contributed by atoms with Gasteiger partial charge in [0, 0.05) is 16.1 Å². The fourth-order valence-corrected chi connectivity index (χ4v) is 2.24. The molecule has 136 valence electrons. The molecule has 2 aromatic carbocycles. The van der Waals surface area contributed by atoms with E-state index in [1.807, 2.05) is 0 Å². The van der Waals surface area contributed by atoms with E-state index in [9.17, 15) is 9.59 Å². The molecule has 0 saturated carbocycles. The van der Waals surface area contributed by atoms with Gasteiger partial charge >= 0.3 is 5.97 Å². The van der Waals surface area contributed by atoms with Gasteiger partial charge in [-0.3, -0.25) is 4.79 Å². The van der Waals surface area contributed by atoms with Gasteiger partial charge in [-0.2, -0.15) is 5.10 Å². The highest BCUT2D eigenvalue weighted by atomic mass is 35.5. The lowest BCUT2D eigenvalue weighted by Crippen LogP contribution is -2.19. The first kappa shape index (κ1) is 19.3. The molecule has 0 aliphatic carbocycles. The number of amides is 1. The third kappa shape index (κ3) is 5.22. The van der Waals surface area contributed by atoms with Gasteiger partial charge in [-0.1, -0.05) is 17.7 Å². The van der Waals surface area contributed by atoms with E-state index in [-0.39, 0.29) is 5.91 Å². The number of halogens is 1. The van der Waals surface area contributed by atoms with Crippen molar-refractivity contribution in [2.75, 3.05) is 13.7 Å². The molecule has 2 rings (SSSR count). The Morgan fingerprint density at radius 1 is 1.15 bits per heavy atom. The summed E-state index contributed by atoms with van der Waals surface area (Å²) in [6.07, 6.45) is 0. The quantitative estimate of drug-likeness (QED) is 0.572.